The molecule has 334 valence electrons. The Balaban J connectivity index is 4.31. The van der Waals surface area contributed by atoms with Crippen molar-refractivity contribution in [2.24, 2.45) is 0 Å². The van der Waals surface area contributed by atoms with Crippen molar-refractivity contribution in [1.82, 2.24) is 0 Å². The van der Waals surface area contributed by atoms with Crippen LogP contribution in [0.3, 0.4) is 0 Å². The molecule has 58 heavy (non-hydrogen) atoms. The minimum atomic E-state index is -0.881. The fourth-order valence-corrected chi connectivity index (χ4v) is 6.57. The molecule has 1 N–H and O–H groups in total. The van der Waals surface area contributed by atoms with E-state index in [0.29, 0.717) is 19.3 Å². The summed E-state index contributed by atoms with van der Waals surface area (Å²) in [6.45, 7) is 4.58. The van der Waals surface area contributed by atoms with Gasteiger partial charge >= 0.3 is 17.9 Å². The summed E-state index contributed by atoms with van der Waals surface area (Å²) in [7, 11) is 5.51. The van der Waals surface area contributed by atoms with Gasteiger partial charge in [0.2, 0.25) is 0 Å². The molecule has 0 bridgehead atoms. The van der Waals surface area contributed by atoms with Crippen LogP contribution in [0.25, 0.3) is 0 Å². The predicted molar refractivity (Wildman–Crippen MR) is 243 cm³/mol. The lowest BCUT2D eigenvalue weighted by atomic mass is 10.1. The third-order valence-corrected chi connectivity index (χ3v) is 10.2. The van der Waals surface area contributed by atoms with Crippen LogP contribution in [-0.4, -0.2) is 80.6 Å². The number of hydrogen-bond donors (Lipinski definition) is 1. The summed E-state index contributed by atoms with van der Waals surface area (Å²) < 4.78 is 17.3. The fraction of sp³-hybridized carbons (Fsp3) is 0.740. The van der Waals surface area contributed by atoms with Crippen LogP contribution >= 0.6 is 0 Å². The summed E-state index contributed by atoms with van der Waals surface area (Å²) in [5.74, 6) is -1.50. The van der Waals surface area contributed by atoms with Crippen molar-refractivity contribution in [1.29, 1.82) is 0 Å². The molecule has 0 aliphatic heterocycles. The summed E-state index contributed by atoms with van der Waals surface area (Å²) in [5.41, 5.74) is 0. The zero-order chi connectivity index (χ0) is 42.8. The second kappa shape index (κ2) is 40.8. The van der Waals surface area contributed by atoms with E-state index in [0.717, 1.165) is 70.6 Å². The zero-order valence-corrected chi connectivity index (χ0v) is 38.0. The van der Waals surface area contributed by atoms with Gasteiger partial charge in [0.05, 0.1) is 34.4 Å². The number of aliphatic carboxylic acids is 1. The van der Waals surface area contributed by atoms with Gasteiger partial charge in [0.15, 0.2) is 12.1 Å². The number of likely N-dealkylation sites (N-methyl/N-ethyl adjacent to an activating group) is 1. The molecule has 8 heteroatoms. The van der Waals surface area contributed by atoms with Gasteiger partial charge in [-0.25, -0.2) is 4.79 Å². The van der Waals surface area contributed by atoms with Crippen molar-refractivity contribution in [2.45, 2.75) is 199 Å². The maximum atomic E-state index is 12.7. The van der Waals surface area contributed by atoms with E-state index in [1.165, 1.54) is 83.5 Å². The van der Waals surface area contributed by atoms with Gasteiger partial charge in [0, 0.05) is 19.3 Å². The van der Waals surface area contributed by atoms with Crippen LogP contribution < -0.4 is 0 Å². The van der Waals surface area contributed by atoms with Gasteiger partial charge in [0.1, 0.15) is 6.61 Å². The number of allylic oxidation sites excluding steroid dienone is 10. The number of rotatable bonds is 41. The van der Waals surface area contributed by atoms with Crippen LogP contribution in [0.2, 0.25) is 0 Å². The molecule has 2 atom stereocenters. The summed E-state index contributed by atoms with van der Waals surface area (Å²) in [6.07, 6.45) is 49.8. The van der Waals surface area contributed by atoms with Crippen molar-refractivity contribution in [3.63, 3.8) is 0 Å². The lowest BCUT2D eigenvalue weighted by Gasteiger charge is -2.31. The van der Waals surface area contributed by atoms with Crippen LogP contribution in [0.4, 0.5) is 0 Å². The topological polar surface area (TPSA) is 99.1 Å². The molecule has 0 aliphatic carbocycles. The third-order valence-electron chi connectivity index (χ3n) is 10.2. The van der Waals surface area contributed by atoms with Gasteiger partial charge in [-0.15, -0.1) is 0 Å². The highest BCUT2D eigenvalue weighted by molar-refractivity contribution is 5.72. The minimum Gasteiger partial charge on any atom is -0.477 e. The first-order valence-electron chi connectivity index (χ1n) is 23.3. The first-order chi connectivity index (χ1) is 28.1. The van der Waals surface area contributed by atoms with Crippen molar-refractivity contribution in [3.05, 3.63) is 60.8 Å². The number of unbranched alkanes of at least 4 members (excludes halogenated alkanes) is 18. The van der Waals surface area contributed by atoms with Crippen molar-refractivity contribution in [3.8, 4) is 0 Å². The number of carboxylic acid groups (broad SMARTS) is 1. The fourth-order valence-electron chi connectivity index (χ4n) is 6.57. The SMILES string of the molecule is CC/C=C/C/C=C/C/C=C/CCCCCCC(=O)OC(COCCC(C(=O)O)[N+](C)(C)C)COC(=O)CCCCCCCCCCCC/C=C/C=C/CCCCCC. The average molecular weight is 815 g/mol. The van der Waals surface area contributed by atoms with Crippen molar-refractivity contribution < 1.29 is 38.2 Å². The van der Waals surface area contributed by atoms with E-state index in [9.17, 15) is 19.5 Å². The van der Waals surface area contributed by atoms with Gasteiger partial charge in [-0.3, -0.25) is 9.59 Å². The highest BCUT2D eigenvalue weighted by atomic mass is 16.6. The molecule has 0 saturated heterocycles. The Labute approximate surface area is 356 Å². The second-order valence-electron chi connectivity index (χ2n) is 16.7. The Morgan fingerprint density at radius 1 is 0.552 bits per heavy atom. The van der Waals surface area contributed by atoms with Crippen LogP contribution in [-0.2, 0) is 28.6 Å². The normalized spacial score (nSPS) is 13.5. The minimum absolute atomic E-state index is 0.0490. The number of carbonyl (C=O) groups excluding carboxylic acids is 2. The Bertz CT molecular complexity index is 1130. The maximum Gasteiger partial charge on any atom is 0.362 e. The zero-order valence-electron chi connectivity index (χ0n) is 38.0. The van der Waals surface area contributed by atoms with E-state index >= 15 is 0 Å². The summed E-state index contributed by atoms with van der Waals surface area (Å²) >= 11 is 0. The molecule has 0 heterocycles. The van der Waals surface area contributed by atoms with Gasteiger partial charge in [-0.1, -0.05) is 158 Å². The third kappa shape index (κ3) is 38.5. The molecule has 0 radical (unpaired) electrons. The molecule has 0 spiro atoms. The monoisotopic (exact) mass is 815 g/mol. The molecule has 0 rings (SSSR count). The Morgan fingerprint density at radius 3 is 1.53 bits per heavy atom. The van der Waals surface area contributed by atoms with E-state index < -0.39 is 18.1 Å². The number of quaternary nitrogens is 1. The predicted octanol–water partition coefficient (Wildman–Crippen LogP) is 13.0. The summed E-state index contributed by atoms with van der Waals surface area (Å²) in [6, 6.07) is -0.621. The second-order valence-corrected chi connectivity index (χ2v) is 16.7. The molecule has 0 aromatic rings. The summed E-state index contributed by atoms with van der Waals surface area (Å²) in [4.78, 5) is 37.0. The molecular weight excluding hydrogens is 727 g/mol. The van der Waals surface area contributed by atoms with Crippen LogP contribution in [0.5, 0.6) is 0 Å². The molecule has 0 aliphatic rings. The highest BCUT2D eigenvalue weighted by Crippen LogP contribution is 2.14. The standard InChI is InChI=1S/C50H87NO7/c1-6-8-10-12-14-16-18-20-22-23-24-25-26-27-29-30-32-34-36-38-40-48(52)57-45-46(44-56-43-42-47(50(54)55)51(3,4)5)58-49(53)41-39-37-35-33-31-28-21-19-17-15-13-11-9-7-2/h9,11,15-18,20-22,28,46-47H,6-8,10,12-14,19,23-27,29-45H2,1-5H3/p+1/b11-9+,17-15+,18-16+,22-20+,28-21+. The maximum absolute atomic E-state index is 12.7. The smallest absolute Gasteiger partial charge is 0.362 e. The highest BCUT2D eigenvalue weighted by Gasteiger charge is 2.31. The number of esters is 2. The van der Waals surface area contributed by atoms with Crippen molar-refractivity contribution >= 4 is 17.9 Å². The molecular formula is C50H88NO7+. The van der Waals surface area contributed by atoms with E-state index in [1.54, 1.807) is 0 Å². The quantitative estimate of drug-likeness (QED) is 0.0216. The van der Waals surface area contributed by atoms with E-state index in [-0.39, 0.29) is 36.2 Å². The van der Waals surface area contributed by atoms with Crippen LogP contribution in [0.15, 0.2) is 60.8 Å². The summed E-state index contributed by atoms with van der Waals surface area (Å²) in [5, 5.41) is 9.63. The average Bonchev–Trinajstić information content (AvgIpc) is 3.18. The van der Waals surface area contributed by atoms with E-state index in [2.05, 4.69) is 74.6 Å². The first kappa shape index (κ1) is 55.0. The lowest BCUT2D eigenvalue weighted by molar-refractivity contribution is -0.887. The van der Waals surface area contributed by atoms with Gasteiger partial charge in [-0.05, 0) is 70.6 Å². The van der Waals surface area contributed by atoms with Crippen LogP contribution in [0.1, 0.15) is 187 Å². The molecule has 0 amide bonds. The number of carbonyl (C=O) groups is 3. The largest absolute Gasteiger partial charge is 0.477 e. The van der Waals surface area contributed by atoms with Gasteiger partial charge in [-0.2, -0.15) is 0 Å². The molecule has 0 fully saturated rings. The molecule has 0 saturated carbocycles. The molecule has 0 aromatic heterocycles. The number of nitrogens with zero attached hydrogens (tertiary/aromatic N) is 1. The van der Waals surface area contributed by atoms with Gasteiger partial charge in [0.25, 0.3) is 0 Å². The molecule has 8 nitrogen and oxygen atoms in total. The van der Waals surface area contributed by atoms with Crippen molar-refractivity contribution in [2.75, 3.05) is 41.0 Å². The Hall–Kier alpha value is -2.97. The number of ether oxygens (including phenoxy) is 3. The first-order valence-corrected chi connectivity index (χ1v) is 23.3. The number of carboxylic acids is 1. The van der Waals surface area contributed by atoms with Gasteiger partial charge < -0.3 is 23.8 Å². The Kier molecular flexibility index (Phi) is 38.7. The van der Waals surface area contributed by atoms with Crippen LogP contribution in [0, 0.1) is 0 Å². The van der Waals surface area contributed by atoms with E-state index in [4.69, 9.17) is 14.2 Å². The Morgan fingerprint density at radius 2 is 1.02 bits per heavy atom. The van der Waals surface area contributed by atoms with E-state index in [1.807, 2.05) is 21.1 Å². The molecule has 2 unspecified atom stereocenters. The number of hydrogen-bond acceptors (Lipinski definition) is 6. The lowest BCUT2D eigenvalue weighted by Crippen LogP contribution is -2.50. The molecule has 0 aromatic carbocycles.